The number of hydrogen-bond donors (Lipinski definition) is 1. The Morgan fingerprint density at radius 2 is 1.63 bits per heavy atom. The van der Waals surface area contributed by atoms with Crippen LogP contribution in [0, 0.1) is 0 Å². The number of hydrogen-bond acceptors (Lipinski definition) is 1. The zero-order valence-corrected chi connectivity index (χ0v) is 13.4. The summed E-state index contributed by atoms with van der Waals surface area (Å²) in [5.41, 5.74) is 2.50. The summed E-state index contributed by atoms with van der Waals surface area (Å²) >= 11 is 15.2. The highest BCUT2D eigenvalue weighted by Crippen LogP contribution is 2.23. The van der Waals surface area contributed by atoms with E-state index >= 15 is 0 Å². The lowest BCUT2D eigenvalue weighted by atomic mass is 10.1. The van der Waals surface area contributed by atoms with E-state index in [1.54, 1.807) is 0 Å². The van der Waals surface area contributed by atoms with Crippen molar-refractivity contribution in [3.63, 3.8) is 0 Å². The molecule has 19 heavy (non-hydrogen) atoms. The van der Waals surface area contributed by atoms with Crippen LogP contribution in [0.25, 0.3) is 0 Å². The zero-order valence-electron chi connectivity index (χ0n) is 10.3. The van der Waals surface area contributed by atoms with Crippen molar-refractivity contribution >= 4 is 39.1 Å². The molecule has 2 aromatic rings. The molecule has 0 spiro atoms. The molecular weight excluding hydrogens is 345 g/mol. The van der Waals surface area contributed by atoms with Crippen molar-refractivity contribution in [3.8, 4) is 0 Å². The molecule has 0 aliphatic carbocycles. The predicted molar refractivity (Wildman–Crippen MR) is 86.0 cm³/mol. The van der Waals surface area contributed by atoms with E-state index in [0.29, 0.717) is 0 Å². The summed E-state index contributed by atoms with van der Waals surface area (Å²) in [5, 5.41) is 4.94. The van der Waals surface area contributed by atoms with E-state index in [2.05, 4.69) is 33.4 Å². The Hall–Kier alpha value is -0.540. The summed E-state index contributed by atoms with van der Waals surface area (Å²) in [6, 6.07) is 13.9. The molecule has 0 bridgehead atoms. The van der Waals surface area contributed by atoms with Gasteiger partial charge in [0.15, 0.2) is 0 Å². The maximum Gasteiger partial charge on any atom is 0.0548 e. The quantitative estimate of drug-likeness (QED) is 0.734. The van der Waals surface area contributed by atoms with Gasteiger partial charge in [-0.05, 0) is 64.3 Å². The maximum atomic E-state index is 5.96. The number of halogens is 3. The number of nitrogens with one attached hydrogen (secondary N) is 1. The van der Waals surface area contributed by atoms with Crippen molar-refractivity contribution in [2.24, 2.45) is 0 Å². The van der Waals surface area contributed by atoms with Gasteiger partial charge in [-0.15, -0.1) is 0 Å². The first-order chi connectivity index (χ1) is 9.15. The highest BCUT2D eigenvalue weighted by atomic mass is 79.9. The van der Waals surface area contributed by atoms with Gasteiger partial charge in [-0.2, -0.15) is 0 Å². The molecule has 0 radical (unpaired) electrons. The molecule has 0 atom stereocenters. The Morgan fingerprint density at radius 1 is 0.947 bits per heavy atom. The first-order valence-electron chi connectivity index (χ1n) is 6.04. The normalized spacial score (nSPS) is 10.7. The van der Waals surface area contributed by atoms with Gasteiger partial charge in [0.05, 0.1) is 5.02 Å². The average Bonchev–Trinajstić information content (AvgIpc) is 2.41. The highest BCUT2D eigenvalue weighted by molar-refractivity contribution is 9.10. The van der Waals surface area contributed by atoms with Crippen LogP contribution in [0.4, 0.5) is 0 Å². The second-order valence-corrected chi connectivity index (χ2v) is 6.00. The summed E-state index contributed by atoms with van der Waals surface area (Å²) in [4.78, 5) is 0. The van der Waals surface area contributed by atoms with Gasteiger partial charge in [0.25, 0.3) is 0 Å². The van der Waals surface area contributed by atoms with Gasteiger partial charge >= 0.3 is 0 Å². The topological polar surface area (TPSA) is 12.0 Å². The summed E-state index contributed by atoms with van der Waals surface area (Å²) in [6.07, 6.45) is 0.992. The molecule has 2 rings (SSSR count). The Bertz CT molecular complexity index is 540. The van der Waals surface area contributed by atoms with Gasteiger partial charge in [0.1, 0.15) is 0 Å². The molecule has 0 aliphatic heterocycles. The van der Waals surface area contributed by atoms with Crippen molar-refractivity contribution < 1.29 is 0 Å². The third kappa shape index (κ3) is 4.81. The summed E-state index contributed by atoms with van der Waals surface area (Å²) in [5.74, 6) is 0. The van der Waals surface area contributed by atoms with Crippen LogP contribution in [-0.2, 0) is 13.0 Å². The summed E-state index contributed by atoms with van der Waals surface area (Å²) in [6.45, 7) is 1.77. The van der Waals surface area contributed by atoms with E-state index in [-0.39, 0.29) is 0 Å². The van der Waals surface area contributed by atoms with Crippen molar-refractivity contribution in [2.45, 2.75) is 13.0 Å². The van der Waals surface area contributed by atoms with Gasteiger partial charge in [0, 0.05) is 16.0 Å². The largest absolute Gasteiger partial charge is 0.312 e. The predicted octanol–water partition coefficient (Wildman–Crippen LogP) is 5.09. The first kappa shape index (κ1) is 14.9. The van der Waals surface area contributed by atoms with Crippen LogP contribution >= 0.6 is 39.1 Å². The van der Waals surface area contributed by atoms with Crippen molar-refractivity contribution in [3.05, 3.63) is 68.1 Å². The molecule has 0 heterocycles. The molecular formula is C15H14BrCl2N. The second kappa shape index (κ2) is 7.30. The van der Waals surface area contributed by atoms with Crippen LogP contribution in [0.3, 0.4) is 0 Å². The van der Waals surface area contributed by atoms with E-state index in [0.717, 1.165) is 34.0 Å². The molecule has 0 unspecified atom stereocenters. The fourth-order valence-electron chi connectivity index (χ4n) is 1.77. The molecule has 0 saturated carbocycles. The van der Waals surface area contributed by atoms with Gasteiger partial charge in [-0.1, -0.05) is 41.4 Å². The maximum absolute atomic E-state index is 5.96. The molecule has 0 saturated heterocycles. The molecule has 2 aromatic carbocycles. The lowest BCUT2D eigenvalue weighted by molar-refractivity contribution is 0.687. The SMILES string of the molecule is Clc1ccc(CCNCc2ccc(Cl)c(Br)c2)cc1. The van der Waals surface area contributed by atoms with Gasteiger partial charge < -0.3 is 5.32 Å². The minimum absolute atomic E-state index is 0.741. The van der Waals surface area contributed by atoms with Crippen LogP contribution in [0.1, 0.15) is 11.1 Å². The minimum Gasteiger partial charge on any atom is -0.312 e. The van der Waals surface area contributed by atoms with Crippen LogP contribution in [0.2, 0.25) is 10.0 Å². The zero-order chi connectivity index (χ0) is 13.7. The Balaban J connectivity index is 1.77. The molecule has 0 aromatic heterocycles. The van der Waals surface area contributed by atoms with Crippen LogP contribution in [0.15, 0.2) is 46.9 Å². The van der Waals surface area contributed by atoms with Crippen LogP contribution < -0.4 is 5.32 Å². The molecule has 0 aliphatic rings. The minimum atomic E-state index is 0.741. The average molecular weight is 359 g/mol. The van der Waals surface area contributed by atoms with E-state index in [1.807, 2.05) is 30.3 Å². The molecule has 0 fully saturated rings. The van der Waals surface area contributed by atoms with Crippen molar-refractivity contribution in [1.82, 2.24) is 5.32 Å². The van der Waals surface area contributed by atoms with Gasteiger partial charge in [0.2, 0.25) is 0 Å². The fraction of sp³-hybridized carbons (Fsp3) is 0.200. The smallest absolute Gasteiger partial charge is 0.0548 e. The number of benzene rings is 2. The monoisotopic (exact) mass is 357 g/mol. The Kier molecular flexibility index (Phi) is 5.71. The van der Waals surface area contributed by atoms with Gasteiger partial charge in [-0.25, -0.2) is 0 Å². The molecule has 100 valence electrons. The standard InChI is InChI=1S/C15H14BrCl2N/c16-14-9-12(3-6-15(14)18)10-19-8-7-11-1-4-13(17)5-2-11/h1-6,9,19H,7-8,10H2. The van der Waals surface area contributed by atoms with E-state index in [9.17, 15) is 0 Å². The lowest BCUT2D eigenvalue weighted by Crippen LogP contribution is -2.16. The Labute approximate surface area is 132 Å². The summed E-state index contributed by atoms with van der Waals surface area (Å²) < 4.78 is 0.936. The van der Waals surface area contributed by atoms with Gasteiger partial charge in [-0.3, -0.25) is 0 Å². The van der Waals surface area contributed by atoms with Crippen molar-refractivity contribution in [2.75, 3.05) is 6.54 Å². The van der Waals surface area contributed by atoms with Crippen molar-refractivity contribution in [1.29, 1.82) is 0 Å². The highest BCUT2D eigenvalue weighted by Gasteiger charge is 1.99. The van der Waals surface area contributed by atoms with E-state index in [1.165, 1.54) is 11.1 Å². The van der Waals surface area contributed by atoms with Crippen LogP contribution in [0.5, 0.6) is 0 Å². The lowest BCUT2D eigenvalue weighted by Gasteiger charge is -2.06. The third-order valence-electron chi connectivity index (χ3n) is 2.82. The molecule has 1 nitrogen and oxygen atoms in total. The van der Waals surface area contributed by atoms with E-state index in [4.69, 9.17) is 23.2 Å². The fourth-order valence-corrected chi connectivity index (χ4v) is 2.44. The molecule has 1 N–H and O–H groups in total. The first-order valence-corrected chi connectivity index (χ1v) is 7.59. The van der Waals surface area contributed by atoms with Crippen LogP contribution in [-0.4, -0.2) is 6.54 Å². The second-order valence-electron chi connectivity index (χ2n) is 4.30. The molecule has 4 heteroatoms. The molecule has 0 amide bonds. The Morgan fingerprint density at radius 3 is 2.32 bits per heavy atom. The number of rotatable bonds is 5. The third-order valence-corrected chi connectivity index (χ3v) is 4.28. The summed E-state index contributed by atoms with van der Waals surface area (Å²) in [7, 11) is 0. The van der Waals surface area contributed by atoms with E-state index < -0.39 is 0 Å².